The second-order valence-electron chi connectivity index (χ2n) is 5.06. The Kier molecular flexibility index (Phi) is 3.85. The van der Waals surface area contributed by atoms with Crippen LogP contribution in [0.1, 0.15) is 21.1 Å². The quantitative estimate of drug-likeness (QED) is 0.688. The third-order valence-corrected chi connectivity index (χ3v) is 4.63. The summed E-state index contributed by atoms with van der Waals surface area (Å²) < 4.78 is 1.42. The predicted octanol–water partition coefficient (Wildman–Crippen LogP) is 3.61. The van der Waals surface area contributed by atoms with E-state index in [2.05, 4.69) is 4.98 Å². The standard InChI is InChI=1S/C16H13ClN2O2S/c1-9-7-13-15(22-9)18-10(2)19(16(13)21)8-14(20)11-3-5-12(17)6-4-11/h3-7H,8H2,1-2H3. The number of carbonyl (C=O) groups excluding carboxylic acids is 1. The minimum atomic E-state index is -0.172. The molecule has 0 radical (unpaired) electrons. The van der Waals surface area contributed by atoms with Gasteiger partial charge in [-0.1, -0.05) is 11.6 Å². The zero-order chi connectivity index (χ0) is 15.9. The SMILES string of the molecule is Cc1cc2c(=O)n(CC(=O)c3ccc(Cl)cc3)c(C)nc2s1. The molecule has 0 N–H and O–H groups in total. The molecule has 0 aliphatic rings. The minimum absolute atomic E-state index is 0.0237. The van der Waals surface area contributed by atoms with Crippen molar-refractivity contribution in [2.45, 2.75) is 20.4 Å². The van der Waals surface area contributed by atoms with Crippen molar-refractivity contribution in [2.24, 2.45) is 0 Å². The van der Waals surface area contributed by atoms with Gasteiger partial charge in [0.2, 0.25) is 0 Å². The number of halogens is 1. The molecule has 0 spiro atoms. The first-order valence-electron chi connectivity index (χ1n) is 6.72. The molecule has 0 bridgehead atoms. The lowest BCUT2D eigenvalue weighted by Gasteiger charge is -2.08. The second-order valence-corrected chi connectivity index (χ2v) is 6.73. The Morgan fingerprint density at radius 1 is 1.27 bits per heavy atom. The summed E-state index contributed by atoms with van der Waals surface area (Å²) in [5.74, 6) is 0.400. The summed E-state index contributed by atoms with van der Waals surface area (Å²) in [5.41, 5.74) is 0.353. The van der Waals surface area contributed by atoms with Crippen LogP contribution in [-0.2, 0) is 6.54 Å². The van der Waals surface area contributed by atoms with E-state index in [0.717, 1.165) is 9.71 Å². The molecule has 0 aliphatic heterocycles. The fraction of sp³-hybridized carbons (Fsp3) is 0.188. The molecular weight excluding hydrogens is 320 g/mol. The first-order chi connectivity index (χ1) is 10.5. The molecule has 3 aromatic rings. The van der Waals surface area contributed by atoms with Gasteiger partial charge in [0.1, 0.15) is 10.7 Å². The van der Waals surface area contributed by atoms with E-state index in [1.54, 1.807) is 31.2 Å². The van der Waals surface area contributed by atoms with Crippen molar-refractivity contribution in [3.63, 3.8) is 0 Å². The zero-order valence-electron chi connectivity index (χ0n) is 12.1. The molecule has 1 aromatic carbocycles. The maximum atomic E-state index is 12.5. The van der Waals surface area contributed by atoms with Gasteiger partial charge in [-0.25, -0.2) is 4.98 Å². The Hall–Kier alpha value is -1.98. The molecule has 0 fully saturated rings. The lowest BCUT2D eigenvalue weighted by molar-refractivity contribution is 0.0969. The van der Waals surface area contributed by atoms with Gasteiger partial charge in [0, 0.05) is 15.5 Å². The van der Waals surface area contributed by atoms with Crippen LogP contribution >= 0.6 is 22.9 Å². The van der Waals surface area contributed by atoms with Crippen molar-refractivity contribution in [2.75, 3.05) is 0 Å². The van der Waals surface area contributed by atoms with Crippen molar-refractivity contribution in [1.82, 2.24) is 9.55 Å². The van der Waals surface area contributed by atoms with E-state index in [9.17, 15) is 9.59 Å². The highest BCUT2D eigenvalue weighted by molar-refractivity contribution is 7.18. The number of nitrogens with zero attached hydrogens (tertiary/aromatic N) is 2. The van der Waals surface area contributed by atoms with Crippen LogP contribution in [0.25, 0.3) is 10.2 Å². The summed E-state index contributed by atoms with van der Waals surface area (Å²) in [4.78, 5) is 31.1. The first kappa shape index (κ1) is 14.9. The Morgan fingerprint density at radius 3 is 2.64 bits per heavy atom. The average Bonchev–Trinajstić information content (AvgIpc) is 2.84. The largest absolute Gasteiger partial charge is 0.292 e. The molecule has 2 aromatic heterocycles. The van der Waals surface area contributed by atoms with Gasteiger partial charge in [-0.15, -0.1) is 11.3 Å². The summed E-state index contributed by atoms with van der Waals surface area (Å²) >= 11 is 7.30. The van der Waals surface area contributed by atoms with Crippen LogP contribution in [0.3, 0.4) is 0 Å². The monoisotopic (exact) mass is 332 g/mol. The van der Waals surface area contributed by atoms with E-state index in [4.69, 9.17) is 11.6 Å². The van der Waals surface area contributed by atoms with Crippen molar-refractivity contribution in [3.8, 4) is 0 Å². The van der Waals surface area contributed by atoms with Gasteiger partial charge in [-0.2, -0.15) is 0 Å². The fourth-order valence-electron chi connectivity index (χ4n) is 2.29. The number of ketones is 1. The van der Waals surface area contributed by atoms with Crippen LogP contribution in [0.2, 0.25) is 5.02 Å². The van der Waals surface area contributed by atoms with Gasteiger partial charge in [-0.3, -0.25) is 14.2 Å². The third-order valence-electron chi connectivity index (χ3n) is 3.43. The lowest BCUT2D eigenvalue weighted by Crippen LogP contribution is -2.27. The number of rotatable bonds is 3. The molecule has 0 aliphatic carbocycles. The van der Waals surface area contributed by atoms with Gasteiger partial charge in [-0.05, 0) is 44.2 Å². The topological polar surface area (TPSA) is 52.0 Å². The third kappa shape index (κ3) is 2.69. The van der Waals surface area contributed by atoms with Gasteiger partial charge >= 0.3 is 0 Å². The fourth-order valence-corrected chi connectivity index (χ4v) is 3.34. The molecular formula is C16H13ClN2O2S. The maximum Gasteiger partial charge on any atom is 0.262 e. The van der Waals surface area contributed by atoms with E-state index in [-0.39, 0.29) is 17.9 Å². The Balaban J connectivity index is 2.01. The van der Waals surface area contributed by atoms with Crippen molar-refractivity contribution < 1.29 is 4.79 Å². The smallest absolute Gasteiger partial charge is 0.262 e. The van der Waals surface area contributed by atoms with Crippen LogP contribution in [0.15, 0.2) is 35.1 Å². The van der Waals surface area contributed by atoms with Crippen LogP contribution in [0.5, 0.6) is 0 Å². The molecule has 2 heterocycles. The molecule has 3 rings (SSSR count). The molecule has 6 heteroatoms. The first-order valence-corrected chi connectivity index (χ1v) is 7.91. The van der Waals surface area contributed by atoms with Crippen molar-refractivity contribution >= 4 is 38.9 Å². The zero-order valence-corrected chi connectivity index (χ0v) is 13.7. The molecule has 0 amide bonds. The number of aryl methyl sites for hydroxylation is 2. The van der Waals surface area contributed by atoms with Crippen LogP contribution in [0, 0.1) is 13.8 Å². The van der Waals surface area contributed by atoms with Crippen LogP contribution < -0.4 is 5.56 Å². The minimum Gasteiger partial charge on any atom is -0.292 e. The average molecular weight is 333 g/mol. The number of Topliss-reactive ketones (excluding diaryl/α,β-unsaturated/α-hetero) is 1. The second kappa shape index (κ2) is 5.66. The highest BCUT2D eigenvalue weighted by Gasteiger charge is 2.14. The molecule has 22 heavy (non-hydrogen) atoms. The summed E-state index contributed by atoms with van der Waals surface area (Å²) in [6, 6.07) is 8.46. The molecule has 112 valence electrons. The van der Waals surface area contributed by atoms with Gasteiger partial charge in [0.05, 0.1) is 11.9 Å². The number of fused-ring (bicyclic) bond motifs is 1. The molecule has 0 atom stereocenters. The van der Waals surface area contributed by atoms with Crippen LogP contribution in [-0.4, -0.2) is 15.3 Å². The summed E-state index contributed by atoms with van der Waals surface area (Å²) in [7, 11) is 0. The Labute approximate surface area is 136 Å². The Bertz CT molecular complexity index is 926. The van der Waals surface area contributed by atoms with Gasteiger partial charge in [0.25, 0.3) is 5.56 Å². The summed E-state index contributed by atoms with van der Waals surface area (Å²) in [5, 5.41) is 1.14. The Morgan fingerprint density at radius 2 is 1.95 bits per heavy atom. The number of benzene rings is 1. The summed E-state index contributed by atoms with van der Waals surface area (Å²) in [6.07, 6.45) is 0. The lowest BCUT2D eigenvalue weighted by atomic mass is 10.1. The predicted molar refractivity (Wildman–Crippen MR) is 89.1 cm³/mol. The molecule has 0 unspecified atom stereocenters. The number of hydrogen-bond donors (Lipinski definition) is 0. The van der Waals surface area contributed by atoms with E-state index in [1.807, 2.05) is 13.0 Å². The maximum absolute atomic E-state index is 12.5. The van der Waals surface area contributed by atoms with E-state index in [0.29, 0.717) is 21.8 Å². The number of thiophene rings is 1. The highest BCUT2D eigenvalue weighted by atomic mass is 35.5. The van der Waals surface area contributed by atoms with Crippen LogP contribution in [0.4, 0.5) is 0 Å². The van der Waals surface area contributed by atoms with Gasteiger partial charge in [0.15, 0.2) is 5.78 Å². The van der Waals surface area contributed by atoms with Crippen molar-refractivity contribution in [3.05, 3.63) is 62.0 Å². The highest BCUT2D eigenvalue weighted by Crippen LogP contribution is 2.20. The van der Waals surface area contributed by atoms with E-state index >= 15 is 0 Å². The normalized spacial score (nSPS) is 11.0. The number of aromatic nitrogens is 2. The summed E-state index contributed by atoms with van der Waals surface area (Å²) in [6.45, 7) is 3.65. The number of hydrogen-bond acceptors (Lipinski definition) is 4. The molecule has 0 saturated heterocycles. The molecule has 4 nitrogen and oxygen atoms in total. The van der Waals surface area contributed by atoms with Gasteiger partial charge < -0.3 is 0 Å². The van der Waals surface area contributed by atoms with E-state index < -0.39 is 0 Å². The number of carbonyl (C=O) groups is 1. The van der Waals surface area contributed by atoms with E-state index in [1.165, 1.54) is 15.9 Å². The van der Waals surface area contributed by atoms with Crippen molar-refractivity contribution in [1.29, 1.82) is 0 Å². The molecule has 0 saturated carbocycles.